The molecule has 3 saturated heterocycles. The average molecular weight is 604 g/mol. The molecule has 0 aromatic heterocycles. The minimum atomic E-state index is -3.96. The van der Waals surface area contributed by atoms with Gasteiger partial charge in [-0.1, -0.05) is 30.2 Å². The Labute approximate surface area is 246 Å². The van der Waals surface area contributed by atoms with Gasteiger partial charge in [0.1, 0.15) is 12.4 Å². The maximum Gasteiger partial charge on any atom is 0.409 e. The number of halogens is 1. The van der Waals surface area contributed by atoms with E-state index in [0.717, 1.165) is 44.3 Å². The highest BCUT2D eigenvalue weighted by atomic mass is 32.2. The number of amides is 1. The van der Waals surface area contributed by atoms with Gasteiger partial charge in [-0.2, -0.15) is 4.31 Å². The van der Waals surface area contributed by atoms with Gasteiger partial charge in [0, 0.05) is 19.1 Å². The number of nitrogens with zero attached hydrogens (tertiary/aromatic N) is 3. The predicted molar refractivity (Wildman–Crippen MR) is 162 cm³/mol. The van der Waals surface area contributed by atoms with Crippen LogP contribution in [0.3, 0.4) is 0 Å². The molecular formula is C31H43FN3O4PS. The van der Waals surface area contributed by atoms with Crippen LogP contribution in [0.15, 0.2) is 47.4 Å². The lowest BCUT2D eigenvalue weighted by atomic mass is 9.93. The molecule has 224 valence electrons. The molecule has 41 heavy (non-hydrogen) atoms. The highest BCUT2D eigenvalue weighted by Gasteiger charge is 2.41. The highest BCUT2D eigenvalue weighted by molar-refractivity contribution is 7.89. The second-order valence-corrected chi connectivity index (χ2v) is 14.3. The number of carbonyl (C=O) groups is 1. The second-order valence-electron chi connectivity index (χ2n) is 11.8. The zero-order chi connectivity index (χ0) is 29.0. The Morgan fingerprint density at radius 1 is 0.927 bits per heavy atom. The predicted octanol–water partition coefficient (Wildman–Crippen LogP) is 5.40. The smallest absolute Gasteiger partial charge is 0.409 e. The van der Waals surface area contributed by atoms with Crippen LogP contribution in [0.25, 0.3) is 0 Å². The SMILES string of the molecule is Cc1ccc(S(=O)(=O)N2C(COC(=O)N3CCCC(N4CCCCC4)CC3)CCCC2c2cc(F)cc(P)c2)cc1. The molecule has 1 amide bonds. The number of sulfonamides is 1. The molecule has 0 bridgehead atoms. The van der Waals surface area contributed by atoms with Crippen molar-refractivity contribution in [3.63, 3.8) is 0 Å². The van der Waals surface area contributed by atoms with Crippen LogP contribution in [0.1, 0.15) is 75.0 Å². The van der Waals surface area contributed by atoms with Crippen molar-refractivity contribution in [2.45, 2.75) is 87.7 Å². The molecule has 0 spiro atoms. The van der Waals surface area contributed by atoms with E-state index in [2.05, 4.69) is 14.1 Å². The molecule has 3 fully saturated rings. The molecule has 4 unspecified atom stereocenters. The summed E-state index contributed by atoms with van der Waals surface area (Å²) in [6, 6.07) is 10.8. The third kappa shape index (κ3) is 7.30. The van der Waals surface area contributed by atoms with Gasteiger partial charge in [0.05, 0.1) is 17.0 Å². The molecule has 0 saturated carbocycles. The molecular weight excluding hydrogens is 560 g/mol. The van der Waals surface area contributed by atoms with Crippen LogP contribution in [0.4, 0.5) is 9.18 Å². The number of likely N-dealkylation sites (tertiary alicyclic amines) is 2. The summed E-state index contributed by atoms with van der Waals surface area (Å²) < 4.78 is 50.0. The fraction of sp³-hybridized carbons (Fsp3) is 0.581. The summed E-state index contributed by atoms with van der Waals surface area (Å²) in [4.78, 5) is 17.8. The monoisotopic (exact) mass is 603 g/mol. The van der Waals surface area contributed by atoms with E-state index >= 15 is 0 Å². The lowest BCUT2D eigenvalue weighted by molar-refractivity contribution is 0.0619. The first kappa shape index (κ1) is 30.4. The highest BCUT2D eigenvalue weighted by Crippen LogP contribution is 2.39. The van der Waals surface area contributed by atoms with E-state index in [9.17, 15) is 17.6 Å². The minimum absolute atomic E-state index is 0.0322. The average Bonchev–Trinajstić information content (AvgIpc) is 3.22. The van der Waals surface area contributed by atoms with E-state index in [-0.39, 0.29) is 17.6 Å². The maximum absolute atomic E-state index is 14.5. The molecule has 5 rings (SSSR count). The first-order valence-corrected chi connectivity index (χ1v) is 17.1. The lowest BCUT2D eigenvalue weighted by Gasteiger charge is -2.41. The number of carbonyl (C=O) groups excluding carboxylic acids is 1. The molecule has 10 heteroatoms. The number of aryl methyl sites for hydroxylation is 1. The van der Waals surface area contributed by atoms with Gasteiger partial charge in [-0.3, -0.25) is 0 Å². The van der Waals surface area contributed by atoms with Gasteiger partial charge in [-0.15, -0.1) is 9.24 Å². The van der Waals surface area contributed by atoms with Crippen molar-refractivity contribution < 1.29 is 22.3 Å². The third-order valence-electron chi connectivity index (χ3n) is 8.87. The standard InChI is InChI=1S/C31H43FN3O4PS/c1-23-10-12-29(13-11-23)41(37,38)35-27(7-5-9-30(35)24-19-25(32)21-28(40)20-24)22-39-31(36)34-17-6-8-26(14-18-34)33-15-3-2-4-16-33/h10-13,19-21,26-27,30H,2-9,14-18,22,40H2,1H3. The third-order valence-corrected chi connectivity index (χ3v) is 11.2. The van der Waals surface area contributed by atoms with Crippen LogP contribution < -0.4 is 5.30 Å². The summed E-state index contributed by atoms with van der Waals surface area (Å²) in [6.07, 6.45) is 8.26. The van der Waals surface area contributed by atoms with Crippen molar-refractivity contribution >= 4 is 30.7 Å². The Hall–Kier alpha value is -2.06. The topological polar surface area (TPSA) is 70.2 Å². The molecule has 2 aromatic carbocycles. The zero-order valence-corrected chi connectivity index (χ0v) is 26.0. The van der Waals surface area contributed by atoms with Gasteiger partial charge in [0.2, 0.25) is 10.0 Å². The van der Waals surface area contributed by atoms with Gasteiger partial charge in [-0.25, -0.2) is 17.6 Å². The number of hydrogen-bond donors (Lipinski definition) is 0. The van der Waals surface area contributed by atoms with Gasteiger partial charge >= 0.3 is 6.09 Å². The van der Waals surface area contributed by atoms with E-state index in [1.54, 1.807) is 29.2 Å². The number of benzene rings is 2. The van der Waals surface area contributed by atoms with Crippen LogP contribution in [-0.4, -0.2) is 73.5 Å². The summed E-state index contributed by atoms with van der Waals surface area (Å²) in [5.41, 5.74) is 1.57. The maximum atomic E-state index is 14.5. The van der Waals surface area contributed by atoms with E-state index in [1.807, 2.05) is 13.0 Å². The molecule has 0 N–H and O–H groups in total. The van der Waals surface area contributed by atoms with Gasteiger partial charge in [-0.05, 0) is 107 Å². The normalized spacial score (nSPS) is 25.0. The Morgan fingerprint density at radius 2 is 1.68 bits per heavy atom. The van der Waals surface area contributed by atoms with Crippen molar-refractivity contribution in [3.8, 4) is 0 Å². The fourth-order valence-electron chi connectivity index (χ4n) is 6.72. The van der Waals surface area contributed by atoms with E-state index < -0.39 is 27.9 Å². The summed E-state index contributed by atoms with van der Waals surface area (Å²) >= 11 is 0. The van der Waals surface area contributed by atoms with Crippen molar-refractivity contribution in [2.75, 3.05) is 32.8 Å². The van der Waals surface area contributed by atoms with Crippen LogP contribution >= 0.6 is 9.24 Å². The second kappa shape index (κ2) is 13.5. The molecule has 4 atom stereocenters. The Balaban J connectivity index is 1.33. The van der Waals surface area contributed by atoms with Crippen LogP contribution in [0.5, 0.6) is 0 Å². The molecule has 3 aliphatic rings. The number of rotatable bonds is 6. The molecule has 3 heterocycles. The van der Waals surface area contributed by atoms with Gasteiger partial charge in [0.25, 0.3) is 0 Å². The van der Waals surface area contributed by atoms with Crippen molar-refractivity contribution in [2.24, 2.45) is 0 Å². The summed E-state index contributed by atoms with van der Waals surface area (Å²) in [7, 11) is -1.46. The van der Waals surface area contributed by atoms with Crippen molar-refractivity contribution in [1.29, 1.82) is 0 Å². The molecule has 2 aromatic rings. The van der Waals surface area contributed by atoms with E-state index in [1.165, 1.54) is 35.7 Å². The van der Waals surface area contributed by atoms with Crippen LogP contribution in [0.2, 0.25) is 0 Å². The Morgan fingerprint density at radius 3 is 2.41 bits per heavy atom. The quantitative estimate of drug-likeness (QED) is 0.414. The van der Waals surface area contributed by atoms with Crippen molar-refractivity contribution in [1.82, 2.24) is 14.1 Å². The summed E-state index contributed by atoms with van der Waals surface area (Å²) in [5, 5.41) is 0.658. The summed E-state index contributed by atoms with van der Waals surface area (Å²) in [6.45, 7) is 5.48. The molecule has 7 nitrogen and oxygen atoms in total. The van der Waals surface area contributed by atoms with Crippen LogP contribution in [-0.2, 0) is 14.8 Å². The summed E-state index contributed by atoms with van der Waals surface area (Å²) in [5.74, 6) is -0.405. The van der Waals surface area contributed by atoms with Gasteiger partial charge in [0.15, 0.2) is 0 Å². The molecule has 0 aliphatic carbocycles. The fourth-order valence-corrected chi connectivity index (χ4v) is 8.91. The number of hydrogen-bond acceptors (Lipinski definition) is 5. The Bertz CT molecular complexity index is 1280. The van der Waals surface area contributed by atoms with Crippen molar-refractivity contribution in [3.05, 3.63) is 59.4 Å². The largest absolute Gasteiger partial charge is 0.448 e. The number of piperidine rings is 2. The number of ether oxygens (including phenoxy) is 1. The first-order valence-electron chi connectivity index (χ1n) is 15.0. The molecule has 3 aliphatic heterocycles. The molecule has 0 radical (unpaired) electrons. The zero-order valence-electron chi connectivity index (χ0n) is 24.0. The minimum Gasteiger partial charge on any atom is -0.448 e. The Kier molecular flexibility index (Phi) is 10.0. The van der Waals surface area contributed by atoms with Crippen LogP contribution in [0, 0.1) is 12.7 Å². The van der Waals surface area contributed by atoms with E-state index in [0.29, 0.717) is 42.8 Å². The first-order chi connectivity index (χ1) is 19.7. The van der Waals surface area contributed by atoms with Gasteiger partial charge < -0.3 is 14.5 Å². The lowest BCUT2D eigenvalue weighted by Crippen LogP contribution is -2.48. The van der Waals surface area contributed by atoms with E-state index in [4.69, 9.17) is 4.74 Å².